The van der Waals surface area contributed by atoms with Crippen molar-refractivity contribution in [2.24, 2.45) is 5.92 Å². The lowest BCUT2D eigenvalue weighted by atomic mass is 10.0. The topological polar surface area (TPSA) is 140 Å². The quantitative estimate of drug-likeness (QED) is 0.142. The van der Waals surface area contributed by atoms with E-state index in [4.69, 9.17) is 5.11 Å². The molecule has 1 aliphatic heterocycles. The van der Waals surface area contributed by atoms with Crippen molar-refractivity contribution in [3.63, 3.8) is 0 Å². The maximum Gasteiger partial charge on any atom is 0.239 e. The lowest BCUT2D eigenvalue weighted by Gasteiger charge is -2.20. The van der Waals surface area contributed by atoms with E-state index in [0.717, 1.165) is 12.8 Å². The van der Waals surface area contributed by atoms with Crippen LogP contribution >= 0.6 is 0 Å². The maximum atomic E-state index is 12.5. The van der Waals surface area contributed by atoms with Crippen LogP contribution in [0.2, 0.25) is 0 Å². The molecule has 14 heteroatoms. The summed E-state index contributed by atoms with van der Waals surface area (Å²) in [5.41, 5.74) is -1.38. The number of hydrogen-bond acceptors (Lipinski definition) is 7. The predicted octanol–water partition coefficient (Wildman–Crippen LogP) is 3.66. The Kier molecular flexibility index (Phi) is 22.6. The fourth-order valence-corrected chi connectivity index (χ4v) is 4.00. The summed E-state index contributed by atoms with van der Waals surface area (Å²) >= 11 is 0. The number of aromatic hydroxyl groups is 1. The van der Waals surface area contributed by atoms with Gasteiger partial charge in [0.15, 0.2) is 23.7 Å². The molecule has 0 radical (unpaired) electrons. The van der Waals surface area contributed by atoms with E-state index in [1.165, 1.54) is 6.42 Å². The van der Waals surface area contributed by atoms with Crippen LogP contribution < -0.4 is 21.3 Å². The standard InChI is InChI=1S/C18H35N5O3.C7H2F4O2.C3H8.C2H6/c1-6-20-17(25)11-23-10-14(8-13(23)4)22-16(24)9-21-18(26)15(19-5)7-12(2)3;8-3-2(1-12)4(9)6(11)7(13)5(3)10;1-3-2;1-2/h12-15,19H,6-11H2,1-5H3,(H,20,25)(H,21,26)(H,22,24);1,13H;3H2,1-2H3;1-2H3/t13?,14-,15-;;;/m0.../s1. The molecule has 1 unspecified atom stereocenters. The lowest BCUT2D eigenvalue weighted by molar-refractivity contribution is -0.127. The fourth-order valence-electron chi connectivity index (χ4n) is 4.00. The highest BCUT2D eigenvalue weighted by Crippen LogP contribution is 2.27. The average Bonchev–Trinajstić information content (AvgIpc) is 3.32. The molecule has 0 bridgehead atoms. The summed E-state index contributed by atoms with van der Waals surface area (Å²) in [5.74, 6) is -9.53. The van der Waals surface area contributed by atoms with Crippen LogP contribution in [0.25, 0.3) is 0 Å². The molecule has 1 fully saturated rings. The molecule has 254 valence electrons. The van der Waals surface area contributed by atoms with E-state index in [9.17, 15) is 36.7 Å². The Morgan fingerprint density at radius 1 is 0.977 bits per heavy atom. The van der Waals surface area contributed by atoms with Crippen LogP contribution in [-0.4, -0.2) is 85.4 Å². The smallest absolute Gasteiger partial charge is 0.239 e. The first-order valence-corrected chi connectivity index (χ1v) is 14.9. The number of benzene rings is 1. The van der Waals surface area contributed by atoms with E-state index < -0.39 is 34.6 Å². The van der Waals surface area contributed by atoms with E-state index in [2.05, 4.69) is 60.8 Å². The van der Waals surface area contributed by atoms with Crippen LogP contribution in [0, 0.1) is 29.2 Å². The SMILES string of the molecule is CC.CCC.CCNC(=O)CN1C[C@@H](NC(=O)CNC(=O)[C@H](CC(C)C)NC)CC1C.O=Cc1c(F)c(F)c(O)c(F)c1F. The molecule has 10 nitrogen and oxygen atoms in total. The van der Waals surface area contributed by atoms with E-state index >= 15 is 0 Å². The number of hydrogen-bond donors (Lipinski definition) is 5. The van der Waals surface area contributed by atoms with Gasteiger partial charge < -0.3 is 26.4 Å². The van der Waals surface area contributed by atoms with Crippen molar-refractivity contribution >= 4 is 24.0 Å². The third kappa shape index (κ3) is 15.0. The van der Waals surface area contributed by atoms with Crippen molar-refractivity contribution in [2.75, 3.05) is 33.2 Å². The zero-order valence-electron chi connectivity index (χ0n) is 27.4. The van der Waals surface area contributed by atoms with Gasteiger partial charge in [-0.05, 0) is 39.7 Å². The summed E-state index contributed by atoms with van der Waals surface area (Å²) < 4.78 is 49.9. The Morgan fingerprint density at radius 3 is 1.93 bits per heavy atom. The van der Waals surface area contributed by atoms with E-state index in [1.807, 2.05) is 20.8 Å². The van der Waals surface area contributed by atoms with E-state index in [-0.39, 0.29) is 48.7 Å². The number of carbonyl (C=O) groups excluding carboxylic acids is 4. The largest absolute Gasteiger partial charge is 0.503 e. The number of phenolic OH excluding ortho intramolecular Hbond substituents is 1. The molecule has 1 aliphatic rings. The van der Waals surface area contributed by atoms with Gasteiger partial charge >= 0.3 is 0 Å². The summed E-state index contributed by atoms with van der Waals surface area (Å²) in [4.78, 5) is 48.0. The minimum Gasteiger partial charge on any atom is -0.503 e. The summed E-state index contributed by atoms with van der Waals surface area (Å²) in [5, 5.41) is 19.9. The first-order valence-electron chi connectivity index (χ1n) is 14.9. The van der Waals surface area contributed by atoms with E-state index in [0.29, 0.717) is 25.6 Å². The van der Waals surface area contributed by atoms with Gasteiger partial charge in [-0.25, -0.2) is 8.78 Å². The first-order chi connectivity index (χ1) is 20.7. The highest BCUT2D eigenvalue weighted by atomic mass is 19.2. The van der Waals surface area contributed by atoms with E-state index in [1.54, 1.807) is 7.05 Å². The molecule has 1 aromatic rings. The van der Waals surface area contributed by atoms with Gasteiger partial charge in [0.2, 0.25) is 29.4 Å². The molecule has 0 saturated carbocycles. The minimum atomic E-state index is -1.99. The number of likely N-dealkylation sites (tertiary alicyclic amines) is 1. The molecule has 1 saturated heterocycles. The molecule has 1 aromatic carbocycles. The van der Waals surface area contributed by atoms with Crippen molar-refractivity contribution in [1.29, 1.82) is 0 Å². The molecule has 5 N–H and O–H groups in total. The number of aldehydes is 1. The Bertz CT molecular complexity index is 1020. The second-order valence-electron chi connectivity index (χ2n) is 10.3. The molecule has 3 amide bonds. The molecule has 2 rings (SSSR count). The molecular formula is C30H51F4N5O5. The summed E-state index contributed by atoms with van der Waals surface area (Å²) in [7, 11) is 1.75. The zero-order valence-corrected chi connectivity index (χ0v) is 27.4. The second-order valence-corrected chi connectivity index (χ2v) is 10.3. The van der Waals surface area contributed by atoms with Crippen molar-refractivity contribution in [3.05, 3.63) is 28.8 Å². The van der Waals surface area contributed by atoms with Crippen molar-refractivity contribution in [1.82, 2.24) is 26.2 Å². The first kappa shape index (κ1) is 42.9. The summed E-state index contributed by atoms with van der Waals surface area (Å²) in [6.07, 6.45) is 2.39. The van der Waals surface area contributed by atoms with Crippen LogP contribution in [-0.2, 0) is 14.4 Å². The Morgan fingerprint density at radius 2 is 1.50 bits per heavy atom. The van der Waals surface area contributed by atoms with Gasteiger partial charge in [-0.3, -0.25) is 24.1 Å². The second kappa shape index (κ2) is 23.2. The van der Waals surface area contributed by atoms with Gasteiger partial charge in [-0.2, -0.15) is 8.78 Å². The lowest BCUT2D eigenvalue weighted by Crippen LogP contribution is -2.48. The molecule has 0 aliphatic carbocycles. The molecule has 0 spiro atoms. The van der Waals surface area contributed by atoms with Crippen LogP contribution in [0.4, 0.5) is 17.6 Å². The van der Waals surface area contributed by atoms with Gasteiger partial charge in [-0.1, -0.05) is 48.0 Å². The molecule has 3 atom stereocenters. The number of halogens is 4. The van der Waals surface area contributed by atoms with Crippen LogP contribution in [0.1, 0.15) is 85.0 Å². The number of nitrogens with one attached hydrogen (secondary N) is 4. The molecular weight excluding hydrogens is 586 g/mol. The number of carbonyl (C=O) groups is 4. The average molecular weight is 638 g/mol. The third-order valence-electron chi connectivity index (χ3n) is 5.98. The number of amides is 3. The zero-order chi connectivity index (χ0) is 34.6. The number of rotatable bonds is 11. The number of phenols is 1. The number of likely N-dealkylation sites (N-methyl/N-ethyl adjacent to an activating group) is 2. The summed E-state index contributed by atoms with van der Waals surface area (Å²) in [6.45, 7) is 17.9. The minimum absolute atomic E-state index is 0.000380. The number of nitrogens with zero attached hydrogens (tertiary/aromatic N) is 1. The van der Waals surface area contributed by atoms with Crippen molar-refractivity contribution in [3.8, 4) is 5.75 Å². The van der Waals surface area contributed by atoms with Crippen LogP contribution in [0.15, 0.2) is 0 Å². The van der Waals surface area contributed by atoms with Crippen LogP contribution in [0.5, 0.6) is 5.75 Å². The van der Waals surface area contributed by atoms with Gasteiger partial charge in [0.05, 0.1) is 24.7 Å². The monoisotopic (exact) mass is 637 g/mol. The van der Waals surface area contributed by atoms with Gasteiger partial charge in [0.1, 0.15) is 0 Å². The Hall–Kier alpha value is -3.26. The maximum absolute atomic E-state index is 12.5. The Balaban J connectivity index is 0. The fraction of sp³-hybridized carbons (Fsp3) is 0.667. The van der Waals surface area contributed by atoms with Gasteiger partial charge in [0.25, 0.3) is 0 Å². The van der Waals surface area contributed by atoms with Gasteiger partial charge in [-0.15, -0.1) is 0 Å². The highest BCUT2D eigenvalue weighted by molar-refractivity contribution is 5.87. The normalized spacial score (nSPS) is 16.2. The Labute approximate surface area is 258 Å². The van der Waals surface area contributed by atoms with Crippen LogP contribution in [0.3, 0.4) is 0 Å². The molecule has 0 aromatic heterocycles. The molecule has 44 heavy (non-hydrogen) atoms. The van der Waals surface area contributed by atoms with Gasteiger partial charge in [0, 0.05) is 25.2 Å². The van der Waals surface area contributed by atoms with Crippen molar-refractivity contribution in [2.45, 2.75) is 92.8 Å². The summed E-state index contributed by atoms with van der Waals surface area (Å²) in [6, 6.07) is -0.0568. The molecule has 1 heterocycles. The highest BCUT2D eigenvalue weighted by Gasteiger charge is 2.31. The third-order valence-corrected chi connectivity index (χ3v) is 5.98. The van der Waals surface area contributed by atoms with Crippen molar-refractivity contribution < 1.29 is 41.8 Å². The predicted molar refractivity (Wildman–Crippen MR) is 162 cm³/mol.